The van der Waals surface area contributed by atoms with Crippen LogP contribution in [0.3, 0.4) is 0 Å². The number of hydrogen-bond donors (Lipinski definition) is 2. The van der Waals surface area contributed by atoms with Gasteiger partial charge in [0, 0.05) is 5.69 Å². The van der Waals surface area contributed by atoms with Gasteiger partial charge in [0.05, 0.1) is 4.90 Å². The van der Waals surface area contributed by atoms with E-state index in [1.165, 1.54) is 42.6 Å². The Morgan fingerprint density at radius 3 is 2.54 bits per heavy atom. The van der Waals surface area contributed by atoms with Crippen molar-refractivity contribution in [2.45, 2.75) is 4.90 Å². The van der Waals surface area contributed by atoms with Gasteiger partial charge in [-0.2, -0.15) is 0 Å². The highest BCUT2D eigenvalue weighted by atomic mass is 32.2. The first-order chi connectivity index (χ1) is 11.3. The van der Waals surface area contributed by atoms with E-state index in [0.29, 0.717) is 5.69 Å². The Bertz CT molecular complexity index is 866. The smallest absolute Gasteiger partial charge is 0.406 e. The van der Waals surface area contributed by atoms with Crippen molar-refractivity contribution in [3.63, 3.8) is 0 Å². The fourth-order valence-corrected chi connectivity index (χ4v) is 2.22. The molecule has 0 unspecified atom stereocenters. The van der Waals surface area contributed by atoms with Crippen molar-refractivity contribution in [3.05, 3.63) is 52.7 Å². The summed E-state index contributed by atoms with van der Waals surface area (Å²) in [5, 5.41) is 18.2. The summed E-state index contributed by atoms with van der Waals surface area (Å²) in [5.74, 6) is -1.22. The molecule has 0 atom stereocenters. The third-order valence-electron chi connectivity index (χ3n) is 2.75. The molecule has 2 aromatic rings. The minimum Gasteiger partial charge on any atom is -0.476 e. The summed E-state index contributed by atoms with van der Waals surface area (Å²) in [6, 6.07) is 7.93. The van der Waals surface area contributed by atoms with Crippen molar-refractivity contribution in [2.75, 3.05) is 11.9 Å². The lowest BCUT2D eigenvalue weighted by Crippen LogP contribution is -2.20. The molecule has 1 aromatic heterocycles. The number of sulfonamides is 1. The molecule has 0 spiro atoms. The van der Waals surface area contributed by atoms with Gasteiger partial charge in [0.15, 0.2) is 6.61 Å². The van der Waals surface area contributed by atoms with Crippen LogP contribution in [0.4, 0.5) is 11.5 Å². The molecular weight excluding hydrogens is 340 g/mol. The molecule has 0 aliphatic carbocycles. The first kappa shape index (κ1) is 17.3. The number of rotatable bonds is 6. The zero-order valence-corrected chi connectivity index (χ0v) is 12.9. The molecule has 0 radical (unpaired) electrons. The predicted molar refractivity (Wildman–Crippen MR) is 82.8 cm³/mol. The average molecular weight is 352 g/mol. The second-order valence-electron chi connectivity index (χ2n) is 4.49. The number of hydrogen-bond acceptors (Lipinski definition) is 7. The van der Waals surface area contributed by atoms with Crippen molar-refractivity contribution in [2.24, 2.45) is 5.14 Å². The van der Waals surface area contributed by atoms with Gasteiger partial charge in [0.25, 0.3) is 5.91 Å². The van der Waals surface area contributed by atoms with Gasteiger partial charge in [0.1, 0.15) is 6.20 Å². The van der Waals surface area contributed by atoms with Crippen LogP contribution in [-0.2, 0) is 14.8 Å². The van der Waals surface area contributed by atoms with E-state index in [9.17, 15) is 23.3 Å². The standard InChI is InChI=1S/C13H12N4O6S/c14-24(21,22)10-5-3-9(4-6-10)16-12(18)8-23-11-2-1-7-15-13(11)17(19)20/h1-7H,8H2,(H,16,18)(H2,14,21,22). The summed E-state index contributed by atoms with van der Waals surface area (Å²) >= 11 is 0. The van der Waals surface area contributed by atoms with E-state index in [0.717, 1.165) is 0 Å². The molecule has 0 aliphatic heterocycles. The van der Waals surface area contributed by atoms with E-state index in [2.05, 4.69) is 10.3 Å². The number of nitrogens with two attached hydrogens (primary N) is 1. The molecule has 11 heteroatoms. The Balaban J connectivity index is 1.98. The zero-order chi connectivity index (χ0) is 17.7. The maximum absolute atomic E-state index is 11.8. The molecule has 24 heavy (non-hydrogen) atoms. The Hall–Kier alpha value is -3.05. The molecule has 1 aromatic carbocycles. The van der Waals surface area contributed by atoms with Gasteiger partial charge in [-0.15, -0.1) is 0 Å². The second-order valence-corrected chi connectivity index (χ2v) is 6.05. The maximum atomic E-state index is 11.8. The first-order valence-corrected chi connectivity index (χ1v) is 7.97. The number of aromatic nitrogens is 1. The van der Waals surface area contributed by atoms with E-state index in [4.69, 9.17) is 9.88 Å². The first-order valence-electron chi connectivity index (χ1n) is 6.42. The van der Waals surface area contributed by atoms with Crippen LogP contribution >= 0.6 is 0 Å². The van der Waals surface area contributed by atoms with Gasteiger partial charge in [-0.05, 0) is 46.3 Å². The molecule has 126 valence electrons. The lowest BCUT2D eigenvalue weighted by atomic mass is 10.3. The number of nitrogens with one attached hydrogen (secondary N) is 1. The lowest BCUT2D eigenvalue weighted by Gasteiger charge is -2.08. The molecule has 3 N–H and O–H groups in total. The van der Waals surface area contributed by atoms with Gasteiger partial charge in [0.2, 0.25) is 15.8 Å². The van der Waals surface area contributed by atoms with Gasteiger partial charge in [-0.3, -0.25) is 4.79 Å². The number of primary sulfonamides is 1. The largest absolute Gasteiger partial charge is 0.476 e. The van der Waals surface area contributed by atoms with E-state index >= 15 is 0 Å². The monoisotopic (exact) mass is 352 g/mol. The van der Waals surface area contributed by atoms with Crippen molar-refractivity contribution in [3.8, 4) is 5.75 Å². The molecule has 0 saturated heterocycles. The van der Waals surface area contributed by atoms with E-state index in [1.807, 2.05) is 0 Å². The summed E-state index contributed by atoms with van der Waals surface area (Å²) in [7, 11) is -3.82. The van der Waals surface area contributed by atoms with Crippen molar-refractivity contribution in [1.82, 2.24) is 4.98 Å². The molecule has 10 nitrogen and oxygen atoms in total. The fourth-order valence-electron chi connectivity index (χ4n) is 1.70. The molecule has 0 saturated carbocycles. The second kappa shape index (κ2) is 7.02. The highest BCUT2D eigenvalue weighted by molar-refractivity contribution is 7.89. The van der Waals surface area contributed by atoms with Gasteiger partial charge >= 0.3 is 5.82 Å². The number of benzene rings is 1. The quantitative estimate of drug-likeness (QED) is 0.571. The Morgan fingerprint density at radius 1 is 1.29 bits per heavy atom. The van der Waals surface area contributed by atoms with Crippen LogP contribution in [0.15, 0.2) is 47.5 Å². The zero-order valence-electron chi connectivity index (χ0n) is 12.1. The van der Waals surface area contributed by atoms with E-state index in [-0.39, 0.29) is 10.6 Å². The van der Waals surface area contributed by atoms with Crippen molar-refractivity contribution >= 4 is 27.4 Å². The number of carbonyl (C=O) groups excluding carboxylic acids is 1. The third-order valence-corrected chi connectivity index (χ3v) is 3.68. The average Bonchev–Trinajstić information content (AvgIpc) is 2.53. The minimum atomic E-state index is -3.82. The number of nitrogens with zero attached hydrogens (tertiary/aromatic N) is 2. The number of ether oxygens (including phenoxy) is 1. The molecule has 1 heterocycles. The number of carbonyl (C=O) groups is 1. The normalized spacial score (nSPS) is 10.9. The van der Waals surface area contributed by atoms with Crippen LogP contribution in [0.1, 0.15) is 0 Å². The number of nitro groups is 1. The highest BCUT2D eigenvalue weighted by Gasteiger charge is 2.16. The molecule has 2 rings (SSSR count). The Morgan fingerprint density at radius 2 is 1.96 bits per heavy atom. The van der Waals surface area contributed by atoms with Crippen LogP contribution in [0.2, 0.25) is 0 Å². The van der Waals surface area contributed by atoms with Crippen LogP contribution in [0.5, 0.6) is 5.75 Å². The third kappa shape index (κ3) is 4.47. The van der Waals surface area contributed by atoms with Crippen LogP contribution in [0, 0.1) is 10.1 Å². The summed E-state index contributed by atoms with van der Waals surface area (Å²) in [6.45, 7) is -0.483. The summed E-state index contributed by atoms with van der Waals surface area (Å²) < 4.78 is 27.3. The number of amides is 1. The van der Waals surface area contributed by atoms with E-state index in [1.54, 1.807) is 0 Å². The molecule has 0 fully saturated rings. The predicted octanol–water partition coefficient (Wildman–Crippen LogP) is 0.655. The number of pyridine rings is 1. The van der Waals surface area contributed by atoms with Crippen LogP contribution < -0.4 is 15.2 Å². The van der Waals surface area contributed by atoms with Gasteiger partial charge < -0.3 is 20.2 Å². The Labute approximate surface area is 136 Å². The summed E-state index contributed by atoms with van der Waals surface area (Å²) in [6.07, 6.45) is 1.23. The molecule has 0 bridgehead atoms. The maximum Gasteiger partial charge on any atom is 0.406 e. The number of anilines is 1. The minimum absolute atomic E-state index is 0.0947. The van der Waals surface area contributed by atoms with Crippen LogP contribution in [0.25, 0.3) is 0 Å². The molecule has 0 aliphatic rings. The SMILES string of the molecule is NS(=O)(=O)c1ccc(NC(=O)COc2cccnc2[N+](=O)[O-])cc1. The highest BCUT2D eigenvalue weighted by Crippen LogP contribution is 2.22. The Kier molecular flexibility index (Phi) is 5.06. The summed E-state index contributed by atoms with van der Waals surface area (Å²) in [4.78, 5) is 25.3. The van der Waals surface area contributed by atoms with Gasteiger partial charge in [-0.1, -0.05) is 0 Å². The fraction of sp³-hybridized carbons (Fsp3) is 0.0769. The molecular formula is C13H12N4O6S. The van der Waals surface area contributed by atoms with Crippen LogP contribution in [-0.4, -0.2) is 30.8 Å². The summed E-state index contributed by atoms with van der Waals surface area (Å²) in [5.41, 5.74) is 0.316. The van der Waals surface area contributed by atoms with Gasteiger partial charge in [-0.25, -0.2) is 13.6 Å². The van der Waals surface area contributed by atoms with Crippen molar-refractivity contribution in [1.29, 1.82) is 0 Å². The van der Waals surface area contributed by atoms with E-state index < -0.39 is 33.3 Å². The molecule has 1 amide bonds. The topological polar surface area (TPSA) is 155 Å². The van der Waals surface area contributed by atoms with Crippen molar-refractivity contribution < 1.29 is 22.9 Å². The lowest BCUT2D eigenvalue weighted by molar-refractivity contribution is -0.390.